The summed E-state index contributed by atoms with van der Waals surface area (Å²) in [4.78, 5) is 12.0. The van der Waals surface area contributed by atoms with Crippen molar-refractivity contribution in [1.82, 2.24) is 15.1 Å². The fourth-order valence-electron chi connectivity index (χ4n) is 2.94. The van der Waals surface area contributed by atoms with Gasteiger partial charge in [-0.05, 0) is 41.5 Å². The molecule has 0 saturated carbocycles. The zero-order valence-electron chi connectivity index (χ0n) is 14.0. The molecule has 0 saturated heterocycles. The number of hydrogen-bond acceptors (Lipinski definition) is 3. The van der Waals surface area contributed by atoms with E-state index in [-0.39, 0.29) is 18.3 Å². The topological polar surface area (TPSA) is 56.1 Å². The van der Waals surface area contributed by atoms with Crippen LogP contribution < -0.4 is 10.1 Å². The highest BCUT2D eigenvalue weighted by atomic mass is 19.3. The summed E-state index contributed by atoms with van der Waals surface area (Å²) >= 11 is 0. The molecule has 0 radical (unpaired) electrons. The van der Waals surface area contributed by atoms with Gasteiger partial charge in [-0.1, -0.05) is 12.1 Å². The van der Waals surface area contributed by atoms with Crippen molar-refractivity contribution in [3.8, 4) is 16.9 Å². The van der Waals surface area contributed by atoms with Crippen molar-refractivity contribution >= 4 is 5.91 Å². The third-order valence-electron chi connectivity index (χ3n) is 4.28. The van der Waals surface area contributed by atoms with Gasteiger partial charge in [-0.25, -0.2) is 9.07 Å². The van der Waals surface area contributed by atoms with Crippen LogP contribution in [-0.2, 0) is 13.2 Å². The largest absolute Gasteiger partial charge is 0.487 e. The first-order valence-electron chi connectivity index (χ1n) is 8.17. The lowest BCUT2D eigenvalue weighted by molar-refractivity contribution is 0.0557. The maximum atomic E-state index is 13.3. The lowest BCUT2D eigenvalue weighted by atomic mass is 9.99. The van der Waals surface area contributed by atoms with E-state index in [9.17, 15) is 18.0 Å². The number of rotatable bonds is 5. The molecule has 1 aliphatic heterocycles. The van der Waals surface area contributed by atoms with E-state index in [0.29, 0.717) is 39.4 Å². The molecule has 5 nitrogen and oxygen atoms in total. The minimum atomic E-state index is -2.72. The third kappa shape index (κ3) is 3.38. The van der Waals surface area contributed by atoms with Crippen molar-refractivity contribution in [1.29, 1.82) is 0 Å². The van der Waals surface area contributed by atoms with E-state index in [2.05, 4.69) is 10.4 Å². The molecule has 0 unspecified atom stereocenters. The Morgan fingerprint density at radius 3 is 2.63 bits per heavy atom. The number of hydrogen-bond donors (Lipinski definition) is 1. The normalized spacial score (nSPS) is 13.0. The Morgan fingerprint density at radius 2 is 1.93 bits per heavy atom. The standard InChI is InChI=1S/C19H14F3N3O2/c20-13-3-1-11(2-4-13)15-8-16-12(9-23-18(16)26)7-17(15)27-10-14-5-6-25(24-14)19(21)22/h1-8,19H,9-10H2,(H,23,26). The van der Waals surface area contributed by atoms with E-state index < -0.39 is 6.55 Å². The summed E-state index contributed by atoms with van der Waals surface area (Å²) in [7, 11) is 0. The maximum absolute atomic E-state index is 13.3. The molecule has 138 valence electrons. The van der Waals surface area contributed by atoms with Crippen LogP contribution in [-0.4, -0.2) is 15.7 Å². The number of carbonyl (C=O) groups excluding carboxylic acids is 1. The zero-order valence-corrected chi connectivity index (χ0v) is 14.0. The summed E-state index contributed by atoms with van der Waals surface area (Å²) in [5, 5.41) is 6.49. The van der Waals surface area contributed by atoms with Gasteiger partial charge in [-0.2, -0.15) is 13.9 Å². The van der Waals surface area contributed by atoms with Crippen LogP contribution in [0.2, 0.25) is 0 Å². The number of carbonyl (C=O) groups is 1. The Hall–Kier alpha value is -3.29. The van der Waals surface area contributed by atoms with Crippen LogP contribution in [0.5, 0.6) is 5.75 Å². The molecule has 0 aliphatic carbocycles. The lowest BCUT2D eigenvalue weighted by Crippen LogP contribution is -2.12. The van der Waals surface area contributed by atoms with Gasteiger partial charge in [0.05, 0.1) is 0 Å². The molecule has 0 fully saturated rings. The highest BCUT2D eigenvalue weighted by Gasteiger charge is 2.22. The van der Waals surface area contributed by atoms with Gasteiger partial charge in [-0.15, -0.1) is 0 Å². The first kappa shape index (κ1) is 17.1. The van der Waals surface area contributed by atoms with Gasteiger partial charge in [0.2, 0.25) is 0 Å². The van der Waals surface area contributed by atoms with Crippen LogP contribution in [0.15, 0.2) is 48.7 Å². The summed E-state index contributed by atoms with van der Waals surface area (Å²) in [6.07, 6.45) is 1.18. The third-order valence-corrected chi connectivity index (χ3v) is 4.28. The molecule has 8 heteroatoms. The molecule has 0 bridgehead atoms. The fraction of sp³-hybridized carbons (Fsp3) is 0.158. The van der Waals surface area contributed by atoms with Gasteiger partial charge in [0.15, 0.2) is 0 Å². The Kier molecular flexibility index (Phi) is 4.31. The van der Waals surface area contributed by atoms with Crippen molar-refractivity contribution in [3.05, 3.63) is 71.3 Å². The van der Waals surface area contributed by atoms with Crippen LogP contribution in [0.25, 0.3) is 11.1 Å². The number of alkyl halides is 2. The van der Waals surface area contributed by atoms with Crippen molar-refractivity contribution in [2.45, 2.75) is 19.7 Å². The van der Waals surface area contributed by atoms with Crippen LogP contribution in [0.4, 0.5) is 13.2 Å². The second-order valence-electron chi connectivity index (χ2n) is 6.05. The van der Waals surface area contributed by atoms with Crippen LogP contribution >= 0.6 is 0 Å². The van der Waals surface area contributed by atoms with E-state index >= 15 is 0 Å². The summed E-state index contributed by atoms with van der Waals surface area (Å²) in [5.74, 6) is -0.100. The molecule has 4 rings (SSSR count). The number of nitrogens with one attached hydrogen (secondary N) is 1. The summed E-state index contributed by atoms with van der Waals surface area (Å²) in [6, 6.07) is 10.7. The van der Waals surface area contributed by atoms with Gasteiger partial charge in [0, 0.05) is 23.9 Å². The van der Waals surface area contributed by atoms with Crippen molar-refractivity contribution in [2.24, 2.45) is 0 Å². The Balaban J connectivity index is 1.67. The Labute approximate surface area is 152 Å². The molecule has 1 N–H and O–H groups in total. The van der Waals surface area contributed by atoms with E-state index in [0.717, 1.165) is 5.56 Å². The fourth-order valence-corrected chi connectivity index (χ4v) is 2.94. The number of aromatic nitrogens is 2. The van der Waals surface area contributed by atoms with E-state index in [1.54, 1.807) is 24.3 Å². The van der Waals surface area contributed by atoms with Crippen molar-refractivity contribution < 1.29 is 22.7 Å². The number of fused-ring (bicyclic) bond motifs is 1. The summed E-state index contributed by atoms with van der Waals surface area (Å²) in [5.41, 5.74) is 2.93. The molecular formula is C19H14F3N3O2. The SMILES string of the molecule is O=C1NCc2cc(OCc3ccn(C(F)F)n3)c(-c3ccc(F)cc3)cc21. The molecule has 0 spiro atoms. The van der Waals surface area contributed by atoms with Crippen molar-refractivity contribution in [3.63, 3.8) is 0 Å². The van der Waals surface area contributed by atoms with E-state index in [1.807, 2.05) is 0 Å². The molecule has 2 heterocycles. The highest BCUT2D eigenvalue weighted by molar-refractivity contribution is 6.00. The van der Waals surface area contributed by atoms with Gasteiger partial charge in [0.25, 0.3) is 5.91 Å². The summed E-state index contributed by atoms with van der Waals surface area (Å²) < 4.78 is 44.9. The molecule has 0 atom stereocenters. The van der Waals surface area contributed by atoms with Gasteiger partial charge in [-0.3, -0.25) is 4.79 Å². The zero-order chi connectivity index (χ0) is 19.0. The number of halogens is 3. The van der Waals surface area contributed by atoms with Gasteiger partial charge in [0.1, 0.15) is 23.9 Å². The van der Waals surface area contributed by atoms with Gasteiger partial charge >= 0.3 is 6.55 Å². The number of amides is 1. The lowest BCUT2D eigenvalue weighted by Gasteiger charge is -2.13. The molecule has 1 aromatic heterocycles. The number of nitrogens with zero attached hydrogens (tertiary/aromatic N) is 2. The summed E-state index contributed by atoms with van der Waals surface area (Å²) in [6.45, 7) is -2.35. The second-order valence-corrected chi connectivity index (χ2v) is 6.05. The maximum Gasteiger partial charge on any atom is 0.333 e. The first-order chi connectivity index (χ1) is 13.0. The average molecular weight is 373 g/mol. The number of benzene rings is 2. The Bertz CT molecular complexity index is 1000. The van der Waals surface area contributed by atoms with Crippen LogP contribution in [0, 0.1) is 5.82 Å². The molecule has 1 amide bonds. The molecule has 3 aromatic rings. The van der Waals surface area contributed by atoms with Crippen molar-refractivity contribution in [2.75, 3.05) is 0 Å². The predicted octanol–water partition coefficient (Wildman–Crippen LogP) is 3.91. The first-order valence-corrected chi connectivity index (χ1v) is 8.17. The quantitative estimate of drug-likeness (QED) is 0.738. The van der Waals surface area contributed by atoms with E-state index in [1.165, 1.54) is 24.4 Å². The number of ether oxygens (including phenoxy) is 1. The van der Waals surface area contributed by atoms with Crippen LogP contribution in [0.1, 0.15) is 28.2 Å². The Morgan fingerprint density at radius 1 is 1.15 bits per heavy atom. The van der Waals surface area contributed by atoms with E-state index in [4.69, 9.17) is 4.74 Å². The van der Waals surface area contributed by atoms with Crippen LogP contribution in [0.3, 0.4) is 0 Å². The second kappa shape index (κ2) is 6.79. The van der Waals surface area contributed by atoms with Gasteiger partial charge < -0.3 is 10.1 Å². The monoisotopic (exact) mass is 373 g/mol. The molecule has 2 aromatic carbocycles. The molecule has 27 heavy (non-hydrogen) atoms. The molecule has 1 aliphatic rings. The minimum absolute atomic E-state index is 0.0198. The smallest absolute Gasteiger partial charge is 0.333 e. The molecular weight excluding hydrogens is 359 g/mol. The average Bonchev–Trinajstić information content (AvgIpc) is 3.27. The minimum Gasteiger partial charge on any atom is -0.487 e. The predicted molar refractivity (Wildman–Crippen MR) is 90.8 cm³/mol. The highest BCUT2D eigenvalue weighted by Crippen LogP contribution is 2.35.